The van der Waals surface area contributed by atoms with Crippen molar-refractivity contribution in [2.75, 3.05) is 9.80 Å². The molecule has 0 aromatic heterocycles. The Morgan fingerprint density at radius 3 is 1.97 bits per heavy atom. The third-order valence-electron chi connectivity index (χ3n) is 6.18. The molecule has 0 spiro atoms. The van der Waals surface area contributed by atoms with Crippen molar-refractivity contribution < 1.29 is 0 Å². The van der Waals surface area contributed by atoms with Crippen molar-refractivity contribution in [1.82, 2.24) is 0 Å². The molecule has 8 heteroatoms. The molecular weight excluding hydrogens is 522 g/mol. The van der Waals surface area contributed by atoms with Crippen molar-refractivity contribution in [2.45, 2.75) is 19.5 Å². The van der Waals surface area contributed by atoms with Gasteiger partial charge < -0.3 is 9.80 Å². The van der Waals surface area contributed by atoms with E-state index in [-0.39, 0.29) is 0 Å². The highest BCUT2D eigenvalue weighted by atomic mass is 35.5. The Labute approximate surface area is 222 Å². The van der Waals surface area contributed by atoms with Gasteiger partial charge in [-0.05, 0) is 74.5 Å². The van der Waals surface area contributed by atoms with E-state index >= 15 is 0 Å². The first kappa shape index (κ1) is 22.7. The first-order chi connectivity index (χ1) is 16.7. The Morgan fingerprint density at radius 1 is 0.629 bits per heavy atom. The average Bonchev–Trinajstić information content (AvgIpc) is 3.08. The summed E-state index contributed by atoms with van der Waals surface area (Å²) < 4.78 is 0. The lowest BCUT2D eigenvalue weighted by atomic mass is 10.1. The standard InChI is InChI=1S/C27H18Cl4N4/c1-27(2)33-23-14-25-22(13-26(23)35(27)16-8-10-18(29)20(31)12-16)32-21-5-3-4-6-24(21)34(25)15-7-9-17(28)19(30)11-15/h3-14H,1-2H3. The fraction of sp³-hybridized carbons (Fsp3) is 0.111. The number of fused-ring (bicyclic) bond motifs is 3. The molecule has 0 radical (unpaired) electrons. The topological polar surface area (TPSA) is 31.2 Å². The van der Waals surface area contributed by atoms with Crippen LogP contribution in [-0.4, -0.2) is 5.66 Å². The molecule has 2 aliphatic heterocycles. The molecule has 4 aromatic carbocycles. The summed E-state index contributed by atoms with van der Waals surface area (Å²) in [6.07, 6.45) is 0. The number of hydrogen-bond donors (Lipinski definition) is 0. The normalized spacial score (nSPS) is 15.1. The van der Waals surface area contributed by atoms with E-state index in [1.54, 1.807) is 12.1 Å². The largest absolute Gasteiger partial charge is 0.315 e. The van der Waals surface area contributed by atoms with Crippen molar-refractivity contribution in [3.05, 3.63) is 104 Å². The molecule has 0 unspecified atom stereocenters. The molecule has 174 valence electrons. The van der Waals surface area contributed by atoms with E-state index in [4.69, 9.17) is 56.4 Å². The Kier molecular flexibility index (Phi) is 5.28. The second-order valence-corrected chi connectivity index (χ2v) is 10.5. The van der Waals surface area contributed by atoms with Crippen LogP contribution in [0.5, 0.6) is 0 Å². The third-order valence-corrected chi connectivity index (χ3v) is 7.66. The number of rotatable bonds is 2. The fourth-order valence-corrected chi connectivity index (χ4v) is 5.31. The minimum Gasteiger partial charge on any atom is -0.315 e. The van der Waals surface area contributed by atoms with E-state index < -0.39 is 5.66 Å². The number of anilines is 5. The van der Waals surface area contributed by atoms with Gasteiger partial charge in [-0.3, -0.25) is 4.99 Å². The molecule has 0 atom stereocenters. The minimum atomic E-state index is -0.537. The van der Waals surface area contributed by atoms with Crippen LogP contribution in [0.25, 0.3) is 0 Å². The quantitative estimate of drug-likeness (QED) is 0.225. The lowest BCUT2D eigenvalue weighted by Gasteiger charge is -2.33. The molecule has 0 amide bonds. The Hall–Kier alpha value is -2.76. The molecule has 0 aliphatic carbocycles. The van der Waals surface area contributed by atoms with Gasteiger partial charge in [-0.25, -0.2) is 4.99 Å². The Bertz CT molecular complexity index is 1650. The van der Waals surface area contributed by atoms with Gasteiger partial charge in [0.25, 0.3) is 0 Å². The molecule has 0 bridgehead atoms. The van der Waals surface area contributed by atoms with E-state index in [0.29, 0.717) is 20.1 Å². The smallest absolute Gasteiger partial charge is 0.131 e. The van der Waals surface area contributed by atoms with Crippen LogP contribution in [-0.2, 0) is 0 Å². The monoisotopic (exact) mass is 538 g/mol. The van der Waals surface area contributed by atoms with Crippen molar-refractivity contribution >= 4 is 80.5 Å². The molecule has 2 heterocycles. The summed E-state index contributed by atoms with van der Waals surface area (Å²) in [7, 11) is 0. The Morgan fingerprint density at radius 2 is 1.26 bits per heavy atom. The number of hydrogen-bond acceptors (Lipinski definition) is 4. The summed E-state index contributed by atoms with van der Waals surface area (Å²) in [5.74, 6) is 0. The van der Waals surface area contributed by atoms with Gasteiger partial charge in [0.2, 0.25) is 0 Å². The molecular formula is C27H18Cl4N4. The van der Waals surface area contributed by atoms with E-state index in [0.717, 1.165) is 44.8 Å². The van der Waals surface area contributed by atoms with Gasteiger partial charge in [0.1, 0.15) is 5.66 Å². The summed E-state index contributed by atoms with van der Waals surface area (Å²) in [5, 5.41) is 3.69. The van der Waals surface area contributed by atoms with Crippen molar-refractivity contribution in [3.8, 4) is 0 Å². The zero-order chi connectivity index (χ0) is 24.5. The van der Waals surface area contributed by atoms with Crippen LogP contribution in [0, 0.1) is 0 Å². The number of nitrogens with zero attached hydrogens (tertiary/aromatic N) is 4. The van der Waals surface area contributed by atoms with Gasteiger partial charge in [-0.1, -0.05) is 58.5 Å². The average molecular weight is 540 g/mol. The van der Waals surface area contributed by atoms with Gasteiger partial charge in [0, 0.05) is 11.4 Å². The number of para-hydroxylation sites is 2. The highest BCUT2D eigenvalue weighted by molar-refractivity contribution is 6.42. The van der Waals surface area contributed by atoms with Crippen LogP contribution in [0.4, 0.5) is 34.1 Å². The second kappa shape index (κ2) is 8.14. The number of benzene rings is 4. The number of halogens is 4. The zero-order valence-corrected chi connectivity index (χ0v) is 21.8. The summed E-state index contributed by atoms with van der Waals surface area (Å²) >= 11 is 25.2. The zero-order valence-electron chi connectivity index (χ0n) is 18.7. The lowest BCUT2D eigenvalue weighted by Crippen LogP contribution is -2.36. The van der Waals surface area contributed by atoms with Crippen molar-refractivity contribution in [2.24, 2.45) is 9.98 Å². The first-order valence-electron chi connectivity index (χ1n) is 11.0. The molecule has 4 nitrogen and oxygen atoms in total. The Balaban J connectivity index is 1.60. The van der Waals surface area contributed by atoms with E-state index in [9.17, 15) is 0 Å². The van der Waals surface area contributed by atoms with E-state index in [2.05, 4.69) is 35.8 Å². The first-order valence-corrected chi connectivity index (χ1v) is 12.5. The van der Waals surface area contributed by atoms with Crippen molar-refractivity contribution in [3.63, 3.8) is 0 Å². The van der Waals surface area contributed by atoms with Gasteiger partial charge >= 0.3 is 0 Å². The highest BCUT2D eigenvalue weighted by Crippen LogP contribution is 2.44. The molecule has 4 aromatic rings. The molecule has 0 saturated carbocycles. The molecule has 0 N–H and O–H groups in total. The molecule has 0 fully saturated rings. The van der Waals surface area contributed by atoms with Crippen LogP contribution >= 0.6 is 46.4 Å². The second-order valence-electron chi connectivity index (χ2n) is 8.90. The lowest BCUT2D eigenvalue weighted by molar-refractivity contribution is 0.544. The van der Waals surface area contributed by atoms with Crippen LogP contribution in [0.15, 0.2) is 82.8 Å². The van der Waals surface area contributed by atoms with Gasteiger partial charge in [-0.15, -0.1) is 0 Å². The SMILES string of the molecule is CC1(C)N=c2cc3c(cc2N1c1ccc(Cl)c(Cl)c1)=Nc1ccccc1N3c1ccc(Cl)c(Cl)c1. The summed E-state index contributed by atoms with van der Waals surface area (Å²) in [6, 6.07) is 23.4. The van der Waals surface area contributed by atoms with Crippen LogP contribution in [0.1, 0.15) is 13.8 Å². The van der Waals surface area contributed by atoms with Crippen LogP contribution in [0.2, 0.25) is 20.1 Å². The van der Waals surface area contributed by atoms with Crippen molar-refractivity contribution in [1.29, 1.82) is 0 Å². The predicted octanol–water partition coefficient (Wildman–Crippen LogP) is 8.54. The highest BCUT2D eigenvalue weighted by Gasteiger charge is 2.35. The van der Waals surface area contributed by atoms with E-state index in [1.165, 1.54) is 0 Å². The maximum atomic E-state index is 6.40. The third kappa shape index (κ3) is 3.68. The molecule has 0 saturated heterocycles. The molecule has 6 rings (SSSR count). The van der Waals surface area contributed by atoms with Gasteiger partial charge in [0.05, 0.1) is 53.6 Å². The minimum absolute atomic E-state index is 0.489. The predicted molar refractivity (Wildman–Crippen MR) is 146 cm³/mol. The fourth-order valence-electron chi connectivity index (χ4n) is 4.72. The summed E-state index contributed by atoms with van der Waals surface area (Å²) in [5.41, 5.74) is 4.94. The molecule has 2 aliphatic rings. The van der Waals surface area contributed by atoms with Crippen LogP contribution in [0.3, 0.4) is 0 Å². The summed E-state index contributed by atoms with van der Waals surface area (Å²) in [6.45, 7) is 4.13. The van der Waals surface area contributed by atoms with Gasteiger partial charge in [0.15, 0.2) is 0 Å². The van der Waals surface area contributed by atoms with Gasteiger partial charge in [-0.2, -0.15) is 0 Å². The van der Waals surface area contributed by atoms with E-state index in [1.807, 2.05) is 48.5 Å². The van der Waals surface area contributed by atoms with Crippen LogP contribution < -0.4 is 20.5 Å². The maximum Gasteiger partial charge on any atom is 0.131 e. The molecule has 35 heavy (non-hydrogen) atoms. The maximum absolute atomic E-state index is 6.40. The summed E-state index contributed by atoms with van der Waals surface area (Å²) in [4.78, 5) is 14.3.